The molecule has 132 valence electrons. The lowest BCUT2D eigenvalue weighted by Crippen LogP contribution is -2.14. The molecule has 0 atom stereocenters. The lowest BCUT2D eigenvalue weighted by atomic mass is 10.1. The van der Waals surface area contributed by atoms with Crippen LogP contribution in [0.25, 0.3) is 15.9 Å². The van der Waals surface area contributed by atoms with Crippen LogP contribution in [0, 0.1) is 0 Å². The van der Waals surface area contributed by atoms with E-state index >= 15 is 0 Å². The number of fused-ring (bicyclic) bond motifs is 2. The molecule has 3 heterocycles. The van der Waals surface area contributed by atoms with E-state index in [-0.39, 0.29) is 18.1 Å². The van der Waals surface area contributed by atoms with Gasteiger partial charge in [0.25, 0.3) is 5.56 Å². The smallest absolute Gasteiger partial charge is 0.306 e. The van der Waals surface area contributed by atoms with Crippen molar-refractivity contribution < 1.29 is 9.53 Å². The van der Waals surface area contributed by atoms with Crippen molar-refractivity contribution in [2.24, 2.45) is 0 Å². The minimum absolute atomic E-state index is 0.0234. The third-order valence-corrected chi connectivity index (χ3v) is 5.00. The number of benzene rings is 1. The fourth-order valence-electron chi connectivity index (χ4n) is 2.95. The SMILES string of the molecule is O=C(CCCc1c[nH]c2ccccc12)OCc1cc(=O)n2ccsc2n1. The largest absolute Gasteiger partial charge is 0.459 e. The maximum Gasteiger partial charge on any atom is 0.306 e. The van der Waals surface area contributed by atoms with Gasteiger partial charge in [0.2, 0.25) is 0 Å². The van der Waals surface area contributed by atoms with Crippen LogP contribution in [-0.4, -0.2) is 20.3 Å². The topological polar surface area (TPSA) is 76.5 Å². The number of carbonyl (C=O) groups excluding carboxylic acids is 1. The fourth-order valence-corrected chi connectivity index (χ4v) is 3.69. The van der Waals surface area contributed by atoms with E-state index < -0.39 is 0 Å². The number of esters is 1. The number of rotatable bonds is 6. The third-order valence-electron chi connectivity index (χ3n) is 4.24. The van der Waals surface area contributed by atoms with Crippen LogP contribution in [0.15, 0.2) is 52.9 Å². The van der Waals surface area contributed by atoms with Crippen molar-refractivity contribution in [3.63, 3.8) is 0 Å². The number of aryl methyl sites for hydroxylation is 1. The Hall–Kier alpha value is -2.93. The molecule has 0 unspecified atom stereocenters. The molecule has 0 aliphatic rings. The summed E-state index contributed by atoms with van der Waals surface area (Å²) in [6.45, 7) is 0.0234. The highest BCUT2D eigenvalue weighted by molar-refractivity contribution is 7.15. The number of ether oxygens (including phenoxy) is 1. The second-order valence-electron chi connectivity index (χ2n) is 6.02. The molecule has 4 rings (SSSR count). The maximum atomic E-state index is 12.0. The molecule has 6 nitrogen and oxygen atoms in total. The van der Waals surface area contributed by atoms with Crippen molar-refractivity contribution in [3.8, 4) is 0 Å². The van der Waals surface area contributed by atoms with Gasteiger partial charge in [0.05, 0.1) is 5.69 Å². The molecule has 0 amide bonds. The summed E-state index contributed by atoms with van der Waals surface area (Å²) in [7, 11) is 0. The van der Waals surface area contributed by atoms with Gasteiger partial charge < -0.3 is 9.72 Å². The standard InChI is InChI=1S/C19H17N3O3S/c23-17-10-14(21-19-22(17)8-9-26-19)12-25-18(24)7-3-4-13-11-20-16-6-2-1-5-15(13)16/h1-2,5-6,8-11,20H,3-4,7,12H2. The Labute approximate surface area is 153 Å². The van der Waals surface area contributed by atoms with E-state index in [4.69, 9.17) is 4.74 Å². The van der Waals surface area contributed by atoms with E-state index in [0.29, 0.717) is 23.5 Å². The molecule has 26 heavy (non-hydrogen) atoms. The molecule has 0 bridgehead atoms. The molecule has 0 radical (unpaired) electrons. The van der Waals surface area contributed by atoms with Gasteiger partial charge in [-0.1, -0.05) is 18.2 Å². The van der Waals surface area contributed by atoms with E-state index in [0.717, 1.165) is 11.9 Å². The molecule has 3 aromatic heterocycles. The number of thiazole rings is 1. The quantitative estimate of drug-likeness (QED) is 0.531. The molecule has 0 spiro atoms. The number of nitrogens with one attached hydrogen (secondary N) is 1. The van der Waals surface area contributed by atoms with Crippen molar-refractivity contribution in [3.05, 3.63) is 69.7 Å². The van der Waals surface area contributed by atoms with Gasteiger partial charge >= 0.3 is 5.97 Å². The highest BCUT2D eigenvalue weighted by atomic mass is 32.1. The molecule has 0 fully saturated rings. The average molecular weight is 367 g/mol. The van der Waals surface area contributed by atoms with Crippen LogP contribution in [0.1, 0.15) is 24.1 Å². The molecule has 0 saturated heterocycles. The molecule has 4 aromatic rings. The number of hydrogen-bond acceptors (Lipinski definition) is 5. The Bertz CT molecular complexity index is 1130. The summed E-state index contributed by atoms with van der Waals surface area (Å²) in [6, 6.07) is 9.51. The van der Waals surface area contributed by atoms with Gasteiger partial charge in [0.15, 0.2) is 4.96 Å². The second kappa shape index (κ2) is 7.13. The molecule has 0 aliphatic heterocycles. The maximum absolute atomic E-state index is 12.0. The first-order valence-electron chi connectivity index (χ1n) is 8.37. The molecular formula is C19H17N3O3S. The number of hydrogen-bond donors (Lipinski definition) is 1. The summed E-state index contributed by atoms with van der Waals surface area (Å²) < 4.78 is 6.73. The number of para-hydroxylation sites is 1. The lowest BCUT2D eigenvalue weighted by molar-refractivity contribution is -0.145. The van der Waals surface area contributed by atoms with Gasteiger partial charge in [0.1, 0.15) is 6.61 Å². The van der Waals surface area contributed by atoms with Crippen LogP contribution in [0.5, 0.6) is 0 Å². The number of H-pyrrole nitrogens is 1. The first-order chi connectivity index (χ1) is 12.7. The third kappa shape index (κ3) is 3.39. The van der Waals surface area contributed by atoms with Crippen molar-refractivity contribution in [2.45, 2.75) is 25.9 Å². The average Bonchev–Trinajstić information content (AvgIpc) is 3.27. The Kier molecular flexibility index (Phi) is 4.53. The zero-order valence-electron chi connectivity index (χ0n) is 14.0. The Morgan fingerprint density at radius 3 is 3.12 bits per heavy atom. The Morgan fingerprint density at radius 2 is 2.19 bits per heavy atom. The first kappa shape index (κ1) is 16.5. The van der Waals surface area contributed by atoms with Gasteiger partial charge in [-0.25, -0.2) is 4.98 Å². The van der Waals surface area contributed by atoms with Gasteiger partial charge in [-0.2, -0.15) is 0 Å². The first-order valence-corrected chi connectivity index (χ1v) is 9.25. The van der Waals surface area contributed by atoms with Crippen molar-refractivity contribution in [2.75, 3.05) is 0 Å². The predicted molar refractivity (Wildman–Crippen MR) is 100 cm³/mol. The van der Waals surface area contributed by atoms with Crippen molar-refractivity contribution in [1.82, 2.24) is 14.4 Å². The Balaban J connectivity index is 1.30. The summed E-state index contributed by atoms with van der Waals surface area (Å²) in [6.07, 6.45) is 5.51. The summed E-state index contributed by atoms with van der Waals surface area (Å²) in [5, 5.41) is 2.99. The van der Waals surface area contributed by atoms with Gasteiger partial charge in [0, 0.05) is 41.2 Å². The number of carbonyl (C=O) groups is 1. The van der Waals surface area contributed by atoms with E-state index in [1.165, 1.54) is 32.8 Å². The lowest BCUT2D eigenvalue weighted by Gasteiger charge is -2.04. The highest BCUT2D eigenvalue weighted by Crippen LogP contribution is 2.19. The fraction of sp³-hybridized carbons (Fsp3) is 0.211. The van der Waals surface area contributed by atoms with E-state index in [2.05, 4.69) is 16.0 Å². The highest BCUT2D eigenvalue weighted by Gasteiger charge is 2.09. The molecule has 0 aliphatic carbocycles. The molecule has 7 heteroatoms. The zero-order chi connectivity index (χ0) is 17.9. The van der Waals surface area contributed by atoms with Crippen LogP contribution >= 0.6 is 11.3 Å². The molecule has 1 N–H and O–H groups in total. The van der Waals surface area contributed by atoms with Crippen LogP contribution in [0.2, 0.25) is 0 Å². The van der Waals surface area contributed by atoms with Gasteiger partial charge in [-0.3, -0.25) is 14.0 Å². The predicted octanol–water partition coefficient (Wildman–Crippen LogP) is 3.30. The molecule has 0 saturated carbocycles. The Morgan fingerprint density at radius 1 is 1.31 bits per heavy atom. The van der Waals surface area contributed by atoms with Gasteiger partial charge in [-0.15, -0.1) is 11.3 Å². The van der Waals surface area contributed by atoms with Crippen molar-refractivity contribution in [1.29, 1.82) is 0 Å². The summed E-state index contributed by atoms with van der Waals surface area (Å²) in [5.41, 5.74) is 2.61. The molecular weight excluding hydrogens is 350 g/mol. The summed E-state index contributed by atoms with van der Waals surface area (Å²) in [5.74, 6) is -0.280. The van der Waals surface area contributed by atoms with Crippen LogP contribution in [-0.2, 0) is 22.6 Å². The number of nitrogens with zero attached hydrogens (tertiary/aromatic N) is 2. The minimum Gasteiger partial charge on any atom is -0.459 e. The second-order valence-corrected chi connectivity index (χ2v) is 6.89. The zero-order valence-corrected chi connectivity index (χ0v) is 14.8. The minimum atomic E-state index is -0.280. The van der Waals surface area contributed by atoms with Crippen LogP contribution in [0.4, 0.5) is 0 Å². The van der Waals surface area contributed by atoms with Gasteiger partial charge in [-0.05, 0) is 24.5 Å². The van der Waals surface area contributed by atoms with E-state index in [1.54, 1.807) is 11.6 Å². The van der Waals surface area contributed by atoms with Crippen molar-refractivity contribution >= 4 is 33.2 Å². The van der Waals surface area contributed by atoms with Crippen LogP contribution < -0.4 is 5.56 Å². The summed E-state index contributed by atoms with van der Waals surface area (Å²) >= 11 is 1.37. The normalized spacial score (nSPS) is 11.2. The monoisotopic (exact) mass is 367 g/mol. The molecule has 1 aromatic carbocycles. The van der Waals surface area contributed by atoms with Crippen LogP contribution in [0.3, 0.4) is 0 Å². The number of aromatic amines is 1. The number of aromatic nitrogens is 3. The van der Waals surface area contributed by atoms with E-state index in [9.17, 15) is 9.59 Å². The van der Waals surface area contributed by atoms with E-state index in [1.807, 2.05) is 24.4 Å². The summed E-state index contributed by atoms with van der Waals surface area (Å²) in [4.78, 5) is 32.0.